The summed E-state index contributed by atoms with van der Waals surface area (Å²) < 4.78 is 2.50. The average Bonchev–Trinajstić information content (AvgIpc) is 1.80. The number of halogens is 3. The fraction of sp³-hybridized carbons (Fsp3) is 0.500. The van der Waals surface area contributed by atoms with Gasteiger partial charge in [-0.25, -0.2) is 4.79 Å². The molecule has 0 saturated carbocycles. The van der Waals surface area contributed by atoms with Gasteiger partial charge >= 0.3 is 5.97 Å². The zero-order valence-electron chi connectivity index (χ0n) is 5.65. The lowest BCUT2D eigenvalue weighted by atomic mass is 10.2. The molecule has 0 aliphatic carbocycles. The highest BCUT2D eigenvalue weighted by Gasteiger charge is 2.32. The van der Waals surface area contributed by atoms with Crippen LogP contribution in [0.5, 0.6) is 0 Å². The zero-order chi connectivity index (χ0) is 9.07. The molecule has 0 amide bonds. The number of esters is 1. The maximum absolute atomic E-state index is 10.7. The Labute approximate surface area is 80.7 Å². The molecule has 0 aromatic heterocycles. The Morgan fingerprint density at radius 2 is 1.91 bits per heavy atom. The van der Waals surface area contributed by atoms with E-state index in [1.54, 1.807) is 0 Å². The molecule has 0 spiro atoms. The van der Waals surface area contributed by atoms with Gasteiger partial charge in [-0.3, -0.25) is 0 Å². The van der Waals surface area contributed by atoms with Gasteiger partial charge in [0, 0.05) is 0 Å². The van der Waals surface area contributed by atoms with Crippen molar-refractivity contribution in [2.75, 3.05) is 6.61 Å². The molecule has 0 saturated heterocycles. The zero-order valence-corrected chi connectivity index (χ0v) is 7.92. The van der Waals surface area contributed by atoms with E-state index in [-0.39, 0.29) is 12.5 Å². The summed E-state index contributed by atoms with van der Waals surface area (Å²) in [6.45, 7) is 7.00. The molecule has 2 radical (unpaired) electrons. The smallest absolute Gasteiger partial charge is 0.358 e. The molecule has 0 heterocycles. The number of rotatable bonds is 2. The standard InChI is InChI=1S/C6H7Cl3O2/c1-4(2)3-11-5(10)6(7,8)9/h4H,1-3H2. The molecule has 0 rings (SSSR count). The molecule has 0 fully saturated rings. The van der Waals surface area contributed by atoms with Crippen LogP contribution in [0.25, 0.3) is 0 Å². The molecule has 11 heavy (non-hydrogen) atoms. The van der Waals surface area contributed by atoms with Crippen molar-refractivity contribution in [2.24, 2.45) is 5.92 Å². The highest BCUT2D eigenvalue weighted by molar-refractivity contribution is 6.75. The first-order chi connectivity index (χ1) is 4.84. The van der Waals surface area contributed by atoms with Gasteiger partial charge in [-0.15, -0.1) is 0 Å². The summed E-state index contributed by atoms with van der Waals surface area (Å²) in [7, 11) is 0. The first kappa shape index (κ1) is 11.3. The molecule has 0 atom stereocenters. The lowest BCUT2D eigenvalue weighted by Gasteiger charge is -2.11. The predicted molar refractivity (Wildman–Crippen MR) is 45.5 cm³/mol. The monoisotopic (exact) mass is 216 g/mol. The van der Waals surface area contributed by atoms with Gasteiger partial charge in [0.25, 0.3) is 3.79 Å². The number of hydrogen-bond acceptors (Lipinski definition) is 2. The lowest BCUT2D eigenvalue weighted by Crippen LogP contribution is -2.23. The molecule has 0 aromatic carbocycles. The second-order valence-electron chi connectivity index (χ2n) is 1.96. The van der Waals surface area contributed by atoms with E-state index in [4.69, 9.17) is 34.8 Å². The molecule has 2 nitrogen and oxygen atoms in total. The molecular weight excluding hydrogens is 210 g/mol. The van der Waals surface area contributed by atoms with Crippen molar-refractivity contribution in [3.8, 4) is 0 Å². The van der Waals surface area contributed by atoms with E-state index in [2.05, 4.69) is 18.6 Å². The average molecular weight is 217 g/mol. The van der Waals surface area contributed by atoms with Crippen LogP contribution in [0.2, 0.25) is 0 Å². The number of carbonyl (C=O) groups is 1. The molecule has 0 aliphatic rings. The maximum atomic E-state index is 10.7. The van der Waals surface area contributed by atoms with Gasteiger partial charge in [0.05, 0.1) is 6.61 Å². The van der Waals surface area contributed by atoms with E-state index in [1.165, 1.54) is 0 Å². The lowest BCUT2D eigenvalue weighted by molar-refractivity contribution is -0.143. The fourth-order valence-corrected chi connectivity index (χ4v) is 0.439. The van der Waals surface area contributed by atoms with Crippen LogP contribution in [-0.4, -0.2) is 16.4 Å². The summed E-state index contributed by atoms with van der Waals surface area (Å²) in [6.07, 6.45) is 0. The topological polar surface area (TPSA) is 26.3 Å². The Morgan fingerprint density at radius 1 is 1.45 bits per heavy atom. The summed E-state index contributed by atoms with van der Waals surface area (Å²) in [5, 5.41) is 0. The van der Waals surface area contributed by atoms with Gasteiger partial charge in [-0.05, 0) is 19.8 Å². The Kier molecular flexibility index (Phi) is 4.52. The van der Waals surface area contributed by atoms with Crippen LogP contribution in [0, 0.1) is 19.8 Å². The predicted octanol–water partition coefficient (Wildman–Crippen LogP) is 2.18. The van der Waals surface area contributed by atoms with Crippen LogP contribution >= 0.6 is 34.8 Å². The fourth-order valence-electron chi connectivity index (χ4n) is 0.275. The van der Waals surface area contributed by atoms with Crippen molar-refractivity contribution in [2.45, 2.75) is 3.79 Å². The van der Waals surface area contributed by atoms with Crippen molar-refractivity contribution >= 4 is 40.8 Å². The number of alkyl halides is 3. The van der Waals surface area contributed by atoms with E-state index in [0.29, 0.717) is 0 Å². The molecular formula is C6H7Cl3O2. The third-order valence-corrected chi connectivity index (χ3v) is 1.14. The SMILES string of the molecule is [CH2]C([CH2])COC(=O)C(Cl)(Cl)Cl. The molecule has 0 aromatic rings. The highest BCUT2D eigenvalue weighted by atomic mass is 35.6. The van der Waals surface area contributed by atoms with Crippen molar-refractivity contribution in [3.63, 3.8) is 0 Å². The van der Waals surface area contributed by atoms with Crippen molar-refractivity contribution in [1.82, 2.24) is 0 Å². The summed E-state index contributed by atoms with van der Waals surface area (Å²) >= 11 is 15.5. The Balaban J connectivity index is 3.71. The van der Waals surface area contributed by atoms with E-state index in [1.807, 2.05) is 0 Å². The number of hydrogen-bond donors (Lipinski definition) is 0. The minimum absolute atomic E-state index is 0.0484. The second-order valence-corrected chi connectivity index (χ2v) is 4.24. The van der Waals surface area contributed by atoms with Crippen molar-refractivity contribution in [1.29, 1.82) is 0 Å². The number of carbonyl (C=O) groups excluding carboxylic acids is 1. The van der Waals surface area contributed by atoms with E-state index in [9.17, 15) is 4.79 Å². The summed E-state index contributed by atoms with van der Waals surface area (Å²) in [5.41, 5.74) is 0. The minimum Gasteiger partial charge on any atom is -0.462 e. The molecule has 0 N–H and O–H groups in total. The largest absolute Gasteiger partial charge is 0.462 e. The van der Waals surface area contributed by atoms with Gasteiger partial charge < -0.3 is 4.74 Å². The van der Waals surface area contributed by atoms with E-state index >= 15 is 0 Å². The van der Waals surface area contributed by atoms with Crippen molar-refractivity contribution in [3.05, 3.63) is 13.8 Å². The highest BCUT2D eigenvalue weighted by Crippen LogP contribution is 2.27. The van der Waals surface area contributed by atoms with Crippen LogP contribution in [0.1, 0.15) is 0 Å². The van der Waals surface area contributed by atoms with Crippen LogP contribution in [-0.2, 0) is 9.53 Å². The summed E-state index contributed by atoms with van der Waals surface area (Å²) in [5.74, 6) is -1.16. The quantitative estimate of drug-likeness (QED) is 0.523. The summed E-state index contributed by atoms with van der Waals surface area (Å²) in [4.78, 5) is 10.7. The van der Waals surface area contributed by atoms with E-state index < -0.39 is 9.76 Å². The second kappa shape index (κ2) is 4.39. The minimum atomic E-state index is -2.01. The normalized spacial score (nSPS) is 11.8. The first-order valence-electron chi connectivity index (χ1n) is 2.74. The van der Waals surface area contributed by atoms with Gasteiger partial charge in [0.15, 0.2) is 0 Å². The van der Waals surface area contributed by atoms with Crippen LogP contribution in [0.3, 0.4) is 0 Å². The van der Waals surface area contributed by atoms with Crippen LogP contribution in [0.4, 0.5) is 0 Å². The van der Waals surface area contributed by atoms with E-state index in [0.717, 1.165) is 0 Å². The van der Waals surface area contributed by atoms with Gasteiger partial charge in [-0.1, -0.05) is 34.8 Å². The maximum Gasteiger partial charge on any atom is 0.358 e. The molecule has 64 valence electrons. The molecule has 0 bridgehead atoms. The van der Waals surface area contributed by atoms with Crippen LogP contribution in [0.15, 0.2) is 0 Å². The Bertz CT molecular complexity index is 139. The van der Waals surface area contributed by atoms with Gasteiger partial charge in [-0.2, -0.15) is 0 Å². The number of ether oxygens (including phenoxy) is 1. The van der Waals surface area contributed by atoms with Crippen LogP contribution < -0.4 is 0 Å². The summed E-state index contributed by atoms with van der Waals surface area (Å²) in [6, 6.07) is 0. The first-order valence-corrected chi connectivity index (χ1v) is 3.87. The Hall–Kier alpha value is 0.340. The third-order valence-electron chi connectivity index (χ3n) is 0.682. The van der Waals surface area contributed by atoms with Crippen molar-refractivity contribution < 1.29 is 9.53 Å². The van der Waals surface area contributed by atoms with Gasteiger partial charge in [0.2, 0.25) is 0 Å². The Morgan fingerprint density at radius 3 is 2.18 bits per heavy atom. The van der Waals surface area contributed by atoms with Gasteiger partial charge in [0.1, 0.15) is 0 Å². The molecule has 0 unspecified atom stereocenters. The third kappa shape index (κ3) is 5.59. The molecule has 0 aliphatic heterocycles. The molecule has 5 heteroatoms.